The van der Waals surface area contributed by atoms with Crippen molar-refractivity contribution in [3.63, 3.8) is 0 Å². The molecule has 6 heteroatoms. The molecule has 2 heterocycles. The summed E-state index contributed by atoms with van der Waals surface area (Å²) in [6.07, 6.45) is 0. The maximum Gasteiger partial charge on any atom is 0.187 e. The predicted octanol–water partition coefficient (Wildman–Crippen LogP) is 3.67. The molecular weight excluding hydrogens is 320 g/mol. The Hall–Kier alpha value is -3.04. The number of carbonyl (C=O) groups is 1. The van der Waals surface area contributed by atoms with E-state index in [1.165, 1.54) is 11.3 Å². The second kappa shape index (κ2) is 5.55. The standard InChI is InChI=1S/C18H12N4OS/c1-22-15-5-3-2-4-13(15)21-18(22)12(9-19)17(23)11-6-7-14-16(8-11)24-10-20-14/h2-8,10,12H,1H3. The molecule has 0 saturated carbocycles. The maximum atomic E-state index is 12.9. The number of benzene rings is 2. The average Bonchev–Trinajstić information content (AvgIpc) is 3.20. The van der Waals surface area contributed by atoms with E-state index in [4.69, 9.17) is 0 Å². The summed E-state index contributed by atoms with van der Waals surface area (Å²) in [5.41, 5.74) is 4.78. The summed E-state index contributed by atoms with van der Waals surface area (Å²) >= 11 is 1.47. The lowest BCUT2D eigenvalue weighted by atomic mass is 9.98. The number of para-hydroxylation sites is 2. The van der Waals surface area contributed by atoms with Crippen LogP contribution in [-0.4, -0.2) is 20.3 Å². The van der Waals surface area contributed by atoms with E-state index in [2.05, 4.69) is 16.0 Å². The van der Waals surface area contributed by atoms with Crippen LogP contribution in [0.25, 0.3) is 21.3 Å². The molecule has 24 heavy (non-hydrogen) atoms. The van der Waals surface area contributed by atoms with Crippen LogP contribution in [0.15, 0.2) is 48.0 Å². The molecule has 0 aliphatic rings. The third-order valence-corrected chi connectivity index (χ3v) is 4.88. The fourth-order valence-corrected chi connectivity index (χ4v) is 3.55. The van der Waals surface area contributed by atoms with E-state index in [9.17, 15) is 10.1 Å². The molecule has 116 valence electrons. The number of aryl methyl sites for hydroxylation is 1. The van der Waals surface area contributed by atoms with E-state index in [0.29, 0.717) is 11.4 Å². The summed E-state index contributed by atoms with van der Waals surface area (Å²) in [6.45, 7) is 0. The van der Waals surface area contributed by atoms with Gasteiger partial charge in [-0.1, -0.05) is 12.1 Å². The number of fused-ring (bicyclic) bond motifs is 2. The maximum absolute atomic E-state index is 12.9. The van der Waals surface area contributed by atoms with Crippen molar-refractivity contribution in [2.45, 2.75) is 5.92 Å². The minimum atomic E-state index is -0.937. The average molecular weight is 332 g/mol. The Bertz CT molecular complexity index is 1120. The van der Waals surface area contributed by atoms with Gasteiger partial charge in [0.05, 0.1) is 32.8 Å². The largest absolute Gasteiger partial charge is 0.330 e. The van der Waals surface area contributed by atoms with E-state index in [-0.39, 0.29) is 5.78 Å². The Morgan fingerprint density at radius 1 is 1.25 bits per heavy atom. The van der Waals surface area contributed by atoms with Crippen molar-refractivity contribution in [3.8, 4) is 6.07 Å². The van der Waals surface area contributed by atoms with Crippen LogP contribution in [0.3, 0.4) is 0 Å². The van der Waals surface area contributed by atoms with Crippen LogP contribution < -0.4 is 0 Å². The lowest BCUT2D eigenvalue weighted by molar-refractivity contribution is 0.0975. The van der Waals surface area contributed by atoms with Crippen LogP contribution in [0.1, 0.15) is 22.1 Å². The molecule has 2 aromatic heterocycles. The van der Waals surface area contributed by atoms with Crippen molar-refractivity contribution in [2.24, 2.45) is 7.05 Å². The van der Waals surface area contributed by atoms with Gasteiger partial charge in [-0.15, -0.1) is 11.3 Å². The summed E-state index contributed by atoms with van der Waals surface area (Å²) in [5.74, 6) is -0.716. The fourth-order valence-electron chi connectivity index (χ4n) is 2.83. The van der Waals surface area contributed by atoms with Gasteiger partial charge in [-0.05, 0) is 30.3 Å². The highest BCUT2D eigenvalue weighted by Gasteiger charge is 2.27. The summed E-state index contributed by atoms with van der Waals surface area (Å²) in [6, 6.07) is 15.0. The van der Waals surface area contributed by atoms with Gasteiger partial charge in [0.25, 0.3) is 0 Å². The molecule has 0 aliphatic carbocycles. The molecule has 2 aromatic carbocycles. The zero-order valence-corrected chi connectivity index (χ0v) is 13.6. The van der Waals surface area contributed by atoms with E-state index < -0.39 is 5.92 Å². The molecule has 0 radical (unpaired) electrons. The molecule has 0 spiro atoms. The predicted molar refractivity (Wildman–Crippen MR) is 93.0 cm³/mol. The molecule has 4 rings (SSSR count). The third kappa shape index (κ3) is 2.18. The number of thiazole rings is 1. The first-order valence-corrected chi connectivity index (χ1v) is 8.25. The first-order chi connectivity index (χ1) is 11.7. The number of Topliss-reactive ketones (excluding diaryl/α,β-unsaturated/α-hetero) is 1. The van der Waals surface area contributed by atoms with Gasteiger partial charge >= 0.3 is 0 Å². The van der Waals surface area contributed by atoms with E-state index in [0.717, 1.165) is 21.3 Å². The molecule has 5 nitrogen and oxygen atoms in total. The monoisotopic (exact) mass is 332 g/mol. The number of hydrogen-bond donors (Lipinski definition) is 0. The van der Waals surface area contributed by atoms with Gasteiger partial charge in [-0.2, -0.15) is 5.26 Å². The number of rotatable bonds is 3. The number of aromatic nitrogens is 3. The van der Waals surface area contributed by atoms with Gasteiger partial charge in [0.1, 0.15) is 5.82 Å². The number of ketones is 1. The molecule has 1 atom stereocenters. The summed E-state index contributed by atoms with van der Waals surface area (Å²) in [7, 11) is 1.83. The summed E-state index contributed by atoms with van der Waals surface area (Å²) < 4.78 is 2.74. The molecule has 0 fully saturated rings. The van der Waals surface area contributed by atoms with Gasteiger partial charge in [0.2, 0.25) is 0 Å². The van der Waals surface area contributed by atoms with Crippen LogP contribution >= 0.6 is 11.3 Å². The molecule has 0 bridgehead atoms. The first kappa shape index (κ1) is 14.5. The lowest BCUT2D eigenvalue weighted by Gasteiger charge is -2.08. The molecule has 0 N–H and O–H groups in total. The zero-order valence-electron chi connectivity index (χ0n) is 12.8. The number of nitriles is 1. The van der Waals surface area contributed by atoms with E-state index in [1.54, 1.807) is 17.6 Å². The van der Waals surface area contributed by atoms with Crippen molar-refractivity contribution in [1.29, 1.82) is 5.26 Å². The zero-order chi connectivity index (χ0) is 16.7. The Balaban J connectivity index is 1.80. The Morgan fingerprint density at radius 2 is 2.08 bits per heavy atom. The minimum absolute atomic E-state index is 0.244. The number of hydrogen-bond acceptors (Lipinski definition) is 5. The SMILES string of the molecule is Cn1c(C(C#N)C(=O)c2ccc3ncsc3c2)nc2ccccc21. The van der Waals surface area contributed by atoms with Crippen LogP contribution in [0, 0.1) is 11.3 Å². The highest BCUT2D eigenvalue weighted by Crippen LogP contribution is 2.26. The van der Waals surface area contributed by atoms with Crippen molar-refractivity contribution < 1.29 is 4.79 Å². The Labute approximate surface area is 141 Å². The summed E-state index contributed by atoms with van der Waals surface area (Å²) in [4.78, 5) is 21.6. The van der Waals surface area contributed by atoms with Gasteiger partial charge in [0.15, 0.2) is 11.7 Å². The first-order valence-electron chi connectivity index (χ1n) is 7.37. The topological polar surface area (TPSA) is 71.6 Å². The third-order valence-electron chi connectivity index (χ3n) is 4.09. The van der Waals surface area contributed by atoms with E-state index >= 15 is 0 Å². The Morgan fingerprint density at radius 3 is 2.88 bits per heavy atom. The second-order valence-electron chi connectivity index (χ2n) is 5.48. The van der Waals surface area contributed by atoms with Gasteiger partial charge < -0.3 is 4.57 Å². The molecule has 1 unspecified atom stereocenters. The fraction of sp³-hybridized carbons (Fsp3) is 0.111. The molecule has 4 aromatic rings. The second-order valence-corrected chi connectivity index (χ2v) is 6.37. The van der Waals surface area contributed by atoms with Crippen molar-refractivity contribution in [3.05, 3.63) is 59.4 Å². The Kier molecular flexibility index (Phi) is 3.36. The molecule has 0 aliphatic heterocycles. The van der Waals surface area contributed by atoms with Crippen molar-refractivity contribution in [1.82, 2.24) is 14.5 Å². The minimum Gasteiger partial charge on any atom is -0.330 e. The van der Waals surface area contributed by atoms with Crippen molar-refractivity contribution in [2.75, 3.05) is 0 Å². The highest BCUT2D eigenvalue weighted by molar-refractivity contribution is 7.16. The van der Waals surface area contributed by atoms with Crippen LogP contribution in [0.2, 0.25) is 0 Å². The smallest absolute Gasteiger partial charge is 0.187 e. The van der Waals surface area contributed by atoms with Gasteiger partial charge in [0, 0.05) is 12.6 Å². The number of imidazole rings is 1. The van der Waals surface area contributed by atoms with Crippen LogP contribution in [0.4, 0.5) is 0 Å². The van der Waals surface area contributed by atoms with E-state index in [1.807, 2.05) is 41.9 Å². The molecule has 0 amide bonds. The highest BCUT2D eigenvalue weighted by atomic mass is 32.1. The quantitative estimate of drug-likeness (QED) is 0.537. The van der Waals surface area contributed by atoms with Crippen LogP contribution in [-0.2, 0) is 7.05 Å². The normalized spacial score (nSPS) is 12.3. The van der Waals surface area contributed by atoms with Crippen molar-refractivity contribution >= 4 is 38.4 Å². The molecular formula is C18H12N4OS. The lowest BCUT2D eigenvalue weighted by Crippen LogP contribution is -2.15. The van der Waals surface area contributed by atoms with Gasteiger partial charge in [-0.3, -0.25) is 4.79 Å². The summed E-state index contributed by atoms with van der Waals surface area (Å²) in [5, 5.41) is 9.60. The number of carbonyl (C=O) groups excluding carboxylic acids is 1. The number of nitrogens with zero attached hydrogens (tertiary/aromatic N) is 4. The van der Waals surface area contributed by atoms with Gasteiger partial charge in [-0.25, -0.2) is 9.97 Å². The molecule has 0 saturated heterocycles. The van der Waals surface area contributed by atoms with Crippen LogP contribution in [0.5, 0.6) is 0 Å².